The molecule has 0 spiro atoms. The molecule has 2 nitrogen and oxygen atoms in total. The molecule has 0 amide bonds. The van der Waals surface area contributed by atoms with Gasteiger partial charge in [-0.3, -0.25) is 0 Å². The van der Waals surface area contributed by atoms with Gasteiger partial charge in [0.1, 0.15) is 11.6 Å². The number of hydrogen-bond acceptors (Lipinski definition) is 2. The smallest absolute Gasteiger partial charge is 0.126 e. The Morgan fingerprint density at radius 1 is 1.29 bits per heavy atom. The quantitative estimate of drug-likeness (QED) is 0.858. The summed E-state index contributed by atoms with van der Waals surface area (Å²) < 4.78 is 31.1. The molecule has 4 heteroatoms. The van der Waals surface area contributed by atoms with Crippen molar-refractivity contribution in [3.05, 3.63) is 35.4 Å². The molecular weight excluding hydrogens is 226 g/mol. The molecular formula is C13H16F2O2. The van der Waals surface area contributed by atoms with E-state index in [2.05, 4.69) is 0 Å². The standard InChI is InChI=1S/C13H16F2O2/c1-17-8-13(16,10-2-3-10)7-9-4-11(14)6-12(15)5-9/h4-6,10,16H,2-3,7-8H2,1H3. The summed E-state index contributed by atoms with van der Waals surface area (Å²) in [5, 5.41) is 10.4. The zero-order valence-electron chi connectivity index (χ0n) is 9.75. The monoisotopic (exact) mass is 242 g/mol. The summed E-state index contributed by atoms with van der Waals surface area (Å²) in [6.07, 6.45) is 2.11. The first-order valence-corrected chi connectivity index (χ1v) is 5.70. The molecule has 94 valence electrons. The van der Waals surface area contributed by atoms with Crippen molar-refractivity contribution < 1.29 is 18.6 Å². The van der Waals surface area contributed by atoms with Gasteiger partial charge in [0.15, 0.2) is 0 Å². The van der Waals surface area contributed by atoms with Crippen molar-refractivity contribution in [2.24, 2.45) is 5.92 Å². The van der Waals surface area contributed by atoms with Crippen LogP contribution in [0.15, 0.2) is 18.2 Å². The van der Waals surface area contributed by atoms with Gasteiger partial charge in [0, 0.05) is 19.6 Å². The van der Waals surface area contributed by atoms with Crippen LogP contribution in [0.2, 0.25) is 0 Å². The number of methoxy groups -OCH3 is 1. The molecule has 1 aromatic carbocycles. The highest BCUT2D eigenvalue weighted by Gasteiger charge is 2.43. The third-order valence-electron chi connectivity index (χ3n) is 3.16. The third kappa shape index (κ3) is 3.01. The minimum atomic E-state index is -1.00. The summed E-state index contributed by atoms with van der Waals surface area (Å²) in [6.45, 7) is 0.190. The molecule has 2 rings (SSSR count). The Labute approximate surface area is 99.2 Å². The van der Waals surface area contributed by atoms with Gasteiger partial charge in [-0.2, -0.15) is 0 Å². The van der Waals surface area contributed by atoms with Crippen molar-refractivity contribution in [1.82, 2.24) is 0 Å². The summed E-state index contributed by atoms with van der Waals surface area (Å²) in [5.41, 5.74) is -0.538. The topological polar surface area (TPSA) is 29.5 Å². The molecule has 1 fully saturated rings. The molecule has 0 aliphatic heterocycles. The SMILES string of the molecule is COCC(O)(Cc1cc(F)cc(F)c1)C1CC1. The second-order valence-electron chi connectivity index (χ2n) is 4.77. The minimum Gasteiger partial charge on any atom is -0.387 e. The van der Waals surface area contributed by atoms with Gasteiger partial charge in [-0.1, -0.05) is 0 Å². The molecule has 1 atom stereocenters. The Hall–Kier alpha value is -1.00. The van der Waals surface area contributed by atoms with Crippen LogP contribution in [-0.4, -0.2) is 24.4 Å². The Bertz CT molecular complexity index is 384. The van der Waals surface area contributed by atoms with E-state index < -0.39 is 17.2 Å². The summed E-state index contributed by atoms with van der Waals surface area (Å²) >= 11 is 0. The fourth-order valence-corrected chi connectivity index (χ4v) is 2.25. The van der Waals surface area contributed by atoms with Crippen LogP contribution in [0.25, 0.3) is 0 Å². The summed E-state index contributed by atoms with van der Waals surface area (Å²) in [5.74, 6) is -1.06. The van der Waals surface area contributed by atoms with Gasteiger partial charge in [0.25, 0.3) is 0 Å². The second kappa shape index (κ2) is 4.70. The van der Waals surface area contributed by atoms with E-state index in [-0.39, 0.29) is 18.9 Å². The summed E-state index contributed by atoms with van der Waals surface area (Å²) in [7, 11) is 1.51. The van der Waals surface area contributed by atoms with Crippen LogP contribution in [0, 0.1) is 17.6 Å². The van der Waals surface area contributed by atoms with Gasteiger partial charge < -0.3 is 9.84 Å². The lowest BCUT2D eigenvalue weighted by molar-refractivity contribution is -0.0475. The van der Waals surface area contributed by atoms with Crippen LogP contribution in [0.3, 0.4) is 0 Å². The molecule has 1 aromatic rings. The molecule has 17 heavy (non-hydrogen) atoms. The van der Waals surface area contributed by atoms with E-state index in [1.165, 1.54) is 19.2 Å². The number of aliphatic hydroxyl groups is 1. The maximum Gasteiger partial charge on any atom is 0.126 e. The van der Waals surface area contributed by atoms with Crippen molar-refractivity contribution in [2.45, 2.75) is 24.9 Å². The molecule has 0 radical (unpaired) electrons. The fraction of sp³-hybridized carbons (Fsp3) is 0.538. The van der Waals surface area contributed by atoms with E-state index in [1.807, 2.05) is 0 Å². The normalized spacial score (nSPS) is 19.1. The van der Waals surface area contributed by atoms with Crippen molar-refractivity contribution in [3.8, 4) is 0 Å². The average molecular weight is 242 g/mol. The van der Waals surface area contributed by atoms with E-state index in [0.717, 1.165) is 18.9 Å². The maximum absolute atomic E-state index is 13.1. The number of benzene rings is 1. The average Bonchev–Trinajstić information content (AvgIpc) is 2.98. The van der Waals surface area contributed by atoms with Gasteiger partial charge in [0.2, 0.25) is 0 Å². The minimum absolute atomic E-state index is 0.175. The molecule has 0 saturated heterocycles. The first-order valence-electron chi connectivity index (χ1n) is 5.70. The van der Waals surface area contributed by atoms with Gasteiger partial charge >= 0.3 is 0 Å². The Balaban J connectivity index is 2.16. The van der Waals surface area contributed by atoms with Crippen molar-refractivity contribution in [1.29, 1.82) is 0 Å². The van der Waals surface area contributed by atoms with E-state index in [1.54, 1.807) is 0 Å². The molecule has 0 heterocycles. The van der Waals surface area contributed by atoms with E-state index in [9.17, 15) is 13.9 Å². The van der Waals surface area contributed by atoms with Crippen LogP contribution in [0.1, 0.15) is 18.4 Å². The number of rotatable bonds is 5. The van der Waals surface area contributed by atoms with E-state index >= 15 is 0 Å². The van der Waals surface area contributed by atoms with Crippen LogP contribution < -0.4 is 0 Å². The van der Waals surface area contributed by atoms with Gasteiger partial charge in [-0.25, -0.2) is 8.78 Å². The Morgan fingerprint density at radius 2 is 1.88 bits per heavy atom. The number of ether oxygens (including phenoxy) is 1. The van der Waals surface area contributed by atoms with Crippen molar-refractivity contribution in [3.63, 3.8) is 0 Å². The van der Waals surface area contributed by atoms with Crippen molar-refractivity contribution in [2.75, 3.05) is 13.7 Å². The fourth-order valence-electron chi connectivity index (χ4n) is 2.25. The summed E-state index contributed by atoms with van der Waals surface area (Å²) in [4.78, 5) is 0. The van der Waals surface area contributed by atoms with Crippen LogP contribution in [0.5, 0.6) is 0 Å². The first kappa shape index (κ1) is 12.5. The zero-order chi connectivity index (χ0) is 12.5. The predicted octanol–water partition coefficient (Wildman–Crippen LogP) is 2.29. The van der Waals surface area contributed by atoms with Gasteiger partial charge in [0.05, 0.1) is 12.2 Å². The van der Waals surface area contributed by atoms with Crippen LogP contribution in [-0.2, 0) is 11.2 Å². The van der Waals surface area contributed by atoms with E-state index in [0.29, 0.717) is 5.56 Å². The lowest BCUT2D eigenvalue weighted by Gasteiger charge is -2.27. The van der Waals surface area contributed by atoms with Gasteiger partial charge in [-0.15, -0.1) is 0 Å². The molecule has 1 aliphatic carbocycles. The largest absolute Gasteiger partial charge is 0.387 e. The predicted molar refractivity (Wildman–Crippen MR) is 59.6 cm³/mol. The summed E-state index contributed by atoms with van der Waals surface area (Å²) in [6, 6.07) is 3.34. The lowest BCUT2D eigenvalue weighted by atomic mass is 9.90. The highest BCUT2D eigenvalue weighted by atomic mass is 19.1. The molecule has 0 bridgehead atoms. The molecule has 1 unspecified atom stereocenters. The third-order valence-corrected chi connectivity index (χ3v) is 3.16. The molecule has 1 saturated carbocycles. The van der Waals surface area contributed by atoms with Crippen LogP contribution in [0.4, 0.5) is 8.78 Å². The highest BCUT2D eigenvalue weighted by Crippen LogP contribution is 2.41. The molecule has 1 N–H and O–H groups in total. The van der Waals surface area contributed by atoms with E-state index in [4.69, 9.17) is 4.74 Å². The lowest BCUT2D eigenvalue weighted by Crippen LogP contribution is -2.39. The molecule has 0 aromatic heterocycles. The maximum atomic E-state index is 13.1. The Kier molecular flexibility index (Phi) is 3.45. The Morgan fingerprint density at radius 3 is 2.35 bits per heavy atom. The van der Waals surface area contributed by atoms with Crippen molar-refractivity contribution >= 4 is 0 Å². The number of hydrogen-bond donors (Lipinski definition) is 1. The first-order chi connectivity index (χ1) is 8.03. The van der Waals surface area contributed by atoms with Gasteiger partial charge in [-0.05, 0) is 36.5 Å². The molecule has 1 aliphatic rings. The number of halogens is 2. The zero-order valence-corrected chi connectivity index (χ0v) is 9.75. The van der Waals surface area contributed by atoms with Crippen LogP contribution >= 0.6 is 0 Å². The second-order valence-corrected chi connectivity index (χ2v) is 4.77. The highest BCUT2D eigenvalue weighted by molar-refractivity contribution is 5.21.